The number of rotatable bonds is 9. The Morgan fingerprint density at radius 2 is 1.89 bits per heavy atom. The zero-order chi connectivity index (χ0) is 14.1. The van der Waals surface area contributed by atoms with Crippen LogP contribution in [0.1, 0.15) is 39.5 Å². The Kier molecular flexibility index (Phi) is 7.18. The quantitative estimate of drug-likeness (QED) is 0.691. The number of aliphatic hydroxyl groups is 1. The number of aromatic nitrogens is 2. The molecule has 108 valence electrons. The molecule has 0 saturated heterocycles. The van der Waals surface area contributed by atoms with Gasteiger partial charge in [0.05, 0.1) is 11.9 Å². The van der Waals surface area contributed by atoms with Gasteiger partial charge < -0.3 is 10.0 Å². The van der Waals surface area contributed by atoms with Crippen LogP contribution >= 0.6 is 0 Å². The highest BCUT2D eigenvalue weighted by atomic mass is 16.2. The van der Waals surface area contributed by atoms with Crippen molar-refractivity contribution in [2.24, 2.45) is 0 Å². The number of hydrogen-bond donors (Lipinski definition) is 1. The fraction of sp³-hybridized carbons (Fsp3) is 0.714. The van der Waals surface area contributed by atoms with Gasteiger partial charge in [0, 0.05) is 32.3 Å². The summed E-state index contributed by atoms with van der Waals surface area (Å²) in [6.07, 6.45) is 5.55. The highest BCUT2D eigenvalue weighted by Crippen LogP contribution is 2.08. The van der Waals surface area contributed by atoms with Crippen molar-refractivity contribution in [3.63, 3.8) is 0 Å². The Hall–Kier alpha value is -1.36. The predicted molar refractivity (Wildman–Crippen MR) is 77.6 cm³/mol. The number of aryl methyl sites for hydroxylation is 1. The van der Waals surface area contributed by atoms with Gasteiger partial charge in [0.15, 0.2) is 0 Å². The third-order valence-electron chi connectivity index (χ3n) is 3.26. The van der Waals surface area contributed by atoms with Crippen LogP contribution in [-0.2, 0) is 6.54 Å². The molecular formula is C14H25N3O2. The molecule has 0 aliphatic heterocycles. The van der Waals surface area contributed by atoms with E-state index < -0.39 is 0 Å². The summed E-state index contributed by atoms with van der Waals surface area (Å²) in [6, 6.07) is 1.66. The summed E-state index contributed by atoms with van der Waals surface area (Å²) >= 11 is 0. The average molecular weight is 267 g/mol. The molecule has 0 unspecified atom stereocenters. The van der Waals surface area contributed by atoms with Crippen LogP contribution in [0.25, 0.3) is 0 Å². The van der Waals surface area contributed by atoms with E-state index in [1.165, 1.54) is 4.68 Å². The Labute approximate surface area is 114 Å². The normalized spacial score (nSPS) is 10.7. The summed E-state index contributed by atoms with van der Waals surface area (Å²) in [5.41, 5.74) is 0.859. The Morgan fingerprint density at radius 3 is 2.47 bits per heavy atom. The highest BCUT2D eigenvalue weighted by Gasteiger charge is 2.05. The fourth-order valence-corrected chi connectivity index (χ4v) is 2.08. The van der Waals surface area contributed by atoms with Crippen LogP contribution in [0.4, 0.5) is 5.69 Å². The van der Waals surface area contributed by atoms with E-state index in [1.807, 2.05) is 0 Å². The molecule has 0 saturated carbocycles. The summed E-state index contributed by atoms with van der Waals surface area (Å²) in [5, 5.41) is 12.9. The minimum atomic E-state index is -0.0356. The zero-order valence-corrected chi connectivity index (χ0v) is 12.0. The topological polar surface area (TPSA) is 58.4 Å². The van der Waals surface area contributed by atoms with Crippen molar-refractivity contribution in [2.45, 2.75) is 46.1 Å². The first-order chi connectivity index (χ1) is 9.22. The van der Waals surface area contributed by atoms with Crippen molar-refractivity contribution in [3.8, 4) is 0 Å². The van der Waals surface area contributed by atoms with E-state index in [1.54, 1.807) is 12.3 Å². The molecule has 1 heterocycles. The summed E-state index contributed by atoms with van der Waals surface area (Å²) < 4.78 is 1.52. The summed E-state index contributed by atoms with van der Waals surface area (Å²) in [4.78, 5) is 14.0. The Bertz CT molecular complexity index is 413. The maximum atomic E-state index is 11.9. The molecule has 0 aliphatic rings. The van der Waals surface area contributed by atoms with E-state index in [-0.39, 0.29) is 12.2 Å². The van der Waals surface area contributed by atoms with Crippen molar-refractivity contribution >= 4 is 5.69 Å². The smallest absolute Gasteiger partial charge is 0.268 e. The van der Waals surface area contributed by atoms with Gasteiger partial charge in [-0.05, 0) is 26.7 Å². The number of aliphatic hydroxyl groups excluding tert-OH is 1. The molecule has 0 aromatic carbocycles. The first-order valence-electron chi connectivity index (χ1n) is 7.15. The van der Waals surface area contributed by atoms with Gasteiger partial charge in [-0.3, -0.25) is 4.79 Å². The van der Waals surface area contributed by atoms with E-state index in [2.05, 4.69) is 23.8 Å². The molecule has 1 rings (SSSR count). The van der Waals surface area contributed by atoms with E-state index in [9.17, 15) is 4.79 Å². The molecule has 5 nitrogen and oxygen atoms in total. The minimum absolute atomic E-state index is 0.0356. The van der Waals surface area contributed by atoms with Gasteiger partial charge >= 0.3 is 0 Å². The lowest BCUT2D eigenvalue weighted by atomic mass is 10.2. The third kappa shape index (κ3) is 5.03. The van der Waals surface area contributed by atoms with Crippen LogP contribution in [0.15, 0.2) is 17.1 Å². The Morgan fingerprint density at radius 1 is 1.21 bits per heavy atom. The van der Waals surface area contributed by atoms with Crippen LogP contribution in [0.2, 0.25) is 0 Å². The molecule has 5 heteroatoms. The van der Waals surface area contributed by atoms with Crippen LogP contribution in [0.3, 0.4) is 0 Å². The molecule has 0 spiro atoms. The zero-order valence-electron chi connectivity index (χ0n) is 12.0. The molecule has 0 bridgehead atoms. The minimum Gasteiger partial charge on any atom is -0.396 e. The second-order valence-electron chi connectivity index (χ2n) is 4.59. The van der Waals surface area contributed by atoms with Crippen LogP contribution in [0, 0.1) is 0 Å². The lowest BCUT2D eigenvalue weighted by molar-refractivity contribution is 0.282. The summed E-state index contributed by atoms with van der Waals surface area (Å²) in [6.45, 7) is 6.79. The third-order valence-corrected chi connectivity index (χ3v) is 3.26. The van der Waals surface area contributed by atoms with Crippen LogP contribution in [0.5, 0.6) is 0 Å². The van der Waals surface area contributed by atoms with E-state index in [0.717, 1.165) is 44.5 Å². The van der Waals surface area contributed by atoms with Gasteiger partial charge in [-0.1, -0.05) is 12.8 Å². The van der Waals surface area contributed by atoms with Gasteiger partial charge in [-0.15, -0.1) is 0 Å². The van der Waals surface area contributed by atoms with E-state index in [4.69, 9.17) is 5.11 Å². The van der Waals surface area contributed by atoms with Crippen molar-refractivity contribution in [1.82, 2.24) is 9.78 Å². The first-order valence-corrected chi connectivity index (χ1v) is 7.15. The largest absolute Gasteiger partial charge is 0.396 e. The second kappa shape index (κ2) is 8.69. The standard InChI is InChI=1S/C14H25N3O2/c1-3-16(4-2)13-11-14(19)17(15-12-13)9-7-5-6-8-10-18/h11-12,18H,3-10H2,1-2H3. The van der Waals surface area contributed by atoms with Gasteiger partial charge in [-0.25, -0.2) is 4.68 Å². The number of anilines is 1. The van der Waals surface area contributed by atoms with Gasteiger partial charge in [-0.2, -0.15) is 5.10 Å². The first kappa shape index (κ1) is 15.7. The van der Waals surface area contributed by atoms with Crippen molar-refractivity contribution in [1.29, 1.82) is 0 Å². The van der Waals surface area contributed by atoms with Gasteiger partial charge in [0.25, 0.3) is 5.56 Å². The van der Waals surface area contributed by atoms with Gasteiger partial charge in [0.1, 0.15) is 0 Å². The maximum Gasteiger partial charge on any atom is 0.268 e. The molecule has 0 fully saturated rings. The van der Waals surface area contributed by atoms with Crippen molar-refractivity contribution in [3.05, 3.63) is 22.6 Å². The summed E-state index contributed by atoms with van der Waals surface area (Å²) in [7, 11) is 0. The SMILES string of the molecule is CCN(CC)c1cnn(CCCCCCO)c(=O)c1. The Balaban J connectivity index is 2.55. The molecule has 0 radical (unpaired) electrons. The lowest BCUT2D eigenvalue weighted by Gasteiger charge is -2.20. The van der Waals surface area contributed by atoms with Crippen LogP contribution in [-0.4, -0.2) is 34.6 Å². The molecule has 0 aliphatic carbocycles. The van der Waals surface area contributed by atoms with Crippen LogP contribution < -0.4 is 10.5 Å². The molecular weight excluding hydrogens is 242 g/mol. The van der Waals surface area contributed by atoms with Crippen molar-refractivity contribution in [2.75, 3.05) is 24.6 Å². The molecule has 0 amide bonds. The van der Waals surface area contributed by atoms with Gasteiger partial charge in [0.2, 0.25) is 0 Å². The van der Waals surface area contributed by atoms with Crippen molar-refractivity contribution < 1.29 is 5.11 Å². The lowest BCUT2D eigenvalue weighted by Crippen LogP contribution is -2.27. The molecule has 1 N–H and O–H groups in total. The monoisotopic (exact) mass is 267 g/mol. The molecule has 0 atom stereocenters. The van der Waals surface area contributed by atoms with E-state index in [0.29, 0.717) is 6.54 Å². The predicted octanol–water partition coefficient (Wildman–Crippen LogP) is 1.64. The second-order valence-corrected chi connectivity index (χ2v) is 4.59. The average Bonchev–Trinajstić information content (AvgIpc) is 2.42. The molecule has 1 aromatic rings. The maximum absolute atomic E-state index is 11.9. The molecule has 1 aromatic heterocycles. The molecule has 19 heavy (non-hydrogen) atoms. The summed E-state index contributed by atoms with van der Waals surface area (Å²) in [5.74, 6) is 0. The number of hydrogen-bond acceptors (Lipinski definition) is 4. The number of unbranched alkanes of at least 4 members (excludes halogenated alkanes) is 3. The fourth-order valence-electron chi connectivity index (χ4n) is 2.08. The highest BCUT2D eigenvalue weighted by molar-refractivity contribution is 5.42. The number of nitrogens with zero attached hydrogens (tertiary/aromatic N) is 3. The van der Waals surface area contributed by atoms with E-state index >= 15 is 0 Å².